The van der Waals surface area contributed by atoms with Crippen molar-refractivity contribution >= 4 is 23.5 Å². The summed E-state index contributed by atoms with van der Waals surface area (Å²) < 4.78 is 45.8. The minimum Gasteiger partial charge on any atom is -0.383 e. The van der Waals surface area contributed by atoms with E-state index in [9.17, 15) is 27.6 Å². The summed E-state index contributed by atoms with van der Waals surface area (Å²) in [5, 5.41) is 2.41. The number of rotatable bonds is 8. The largest absolute Gasteiger partial charge is 0.383 e. The number of nitrogens with zero attached hydrogens (tertiary/aromatic N) is 3. The minimum atomic E-state index is -1.69. The smallest absolute Gasteiger partial charge is 0.329 e. The fraction of sp³-hybridized carbons (Fsp3) is 0.625. The third-order valence-electron chi connectivity index (χ3n) is 7.23. The highest BCUT2D eigenvalue weighted by Crippen LogP contribution is 2.32. The van der Waals surface area contributed by atoms with Gasteiger partial charge in [-0.2, -0.15) is 0 Å². The second-order valence-electron chi connectivity index (χ2n) is 9.44. The molecule has 0 radical (unpaired) electrons. The highest BCUT2D eigenvalue weighted by Gasteiger charge is 2.42. The van der Waals surface area contributed by atoms with Gasteiger partial charge in [-0.05, 0) is 44.7 Å². The van der Waals surface area contributed by atoms with Crippen molar-refractivity contribution in [3.63, 3.8) is 0 Å². The van der Waals surface area contributed by atoms with Gasteiger partial charge in [0.05, 0.1) is 18.7 Å². The highest BCUT2D eigenvalue weighted by atomic mass is 19.2. The molecule has 0 unspecified atom stereocenters. The average Bonchev–Trinajstić information content (AvgIpc) is 3.12. The number of carbonyl (C=O) groups is 3. The second-order valence-corrected chi connectivity index (χ2v) is 9.44. The second kappa shape index (κ2) is 10.9. The summed E-state index contributed by atoms with van der Waals surface area (Å²) in [4.78, 5) is 43.3. The molecule has 3 heterocycles. The summed E-state index contributed by atoms with van der Waals surface area (Å²) >= 11 is 0. The number of hydrogen-bond acceptors (Lipinski definition) is 5. The summed E-state index contributed by atoms with van der Waals surface area (Å²) in [6, 6.07) is -0.531. The van der Waals surface area contributed by atoms with Crippen LogP contribution in [0.3, 0.4) is 0 Å². The number of imide groups is 1. The number of carbonyl (C=O) groups excluding carboxylic acids is 3. The minimum absolute atomic E-state index is 0.294. The van der Waals surface area contributed by atoms with Crippen LogP contribution in [0.15, 0.2) is 12.1 Å². The topological polar surface area (TPSA) is 82.2 Å². The van der Waals surface area contributed by atoms with Gasteiger partial charge in [-0.3, -0.25) is 9.59 Å². The Morgan fingerprint density at radius 2 is 1.83 bits per heavy atom. The molecule has 0 aliphatic carbocycles. The van der Waals surface area contributed by atoms with E-state index < -0.39 is 41.1 Å². The van der Waals surface area contributed by atoms with Gasteiger partial charge < -0.3 is 19.9 Å². The summed E-state index contributed by atoms with van der Waals surface area (Å²) in [5.74, 6) is -5.55. The Hall–Kier alpha value is -2.66. The molecule has 3 aliphatic heterocycles. The van der Waals surface area contributed by atoms with E-state index in [2.05, 4.69) is 10.2 Å². The van der Waals surface area contributed by atoms with Crippen molar-refractivity contribution < 1.29 is 32.3 Å². The first kappa shape index (κ1) is 25.4. The van der Waals surface area contributed by atoms with Gasteiger partial charge in [0.2, 0.25) is 5.91 Å². The van der Waals surface area contributed by atoms with Gasteiger partial charge in [0.25, 0.3) is 5.91 Å². The van der Waals surface area contributed by atoms with Crippen LogP contribution in [0.25, 0.3) is 0 Å². The molecule has 0 aromatic heterocycles. The fourth-order valence-electron chi connectivity index (χ4n) is 5.48. The SMILES string of the molecule is COCCN(C[C@@H]1CCCN2CCCC[C@H]12)C(=O)C[C@H]1NC(=O)N(c2cc(F)c(F)c(F)c2)C1=O. The number of ether oxygens (including phenoxy) is 1. The number of hydrogen-bond donors (Lipinski definition) is 1. The molecule has 11 heteroatoms. The van der Waals surface area contributed by atoms with Crippen LogP contribution in [0, 0.1) is 23.4 Å². The van der Waals surface area contributed by atoms with Gasteiger partial charge in [-0.25, -0.2) is 22.9 Å². The molecule has 35 heavy (non-hydrogen) atoms. The molecule has 8 nitrogen and oxygen atoms in total. The summed E-state index contributed by atoms with van der Waals surface area (Å²) in [5.41, 5.74) is -0.435. The number of anilines is 1. The molecular formula is C24H31F3N4O4. The first-order valence-corrected chi connectivity index (χ1v) is 12.1. The molecule has 1 aromatic carbocycles. The predicted octanol–water partition coefficient (Wildman–Crippen LogP) is 2.66. The highest BCUT2D eigenvalue weighted by molar-refractivity contribution is 6.22. The Balaban J connectivity index is 1.45. The molecule has 0 bridgehead atoms. The van der Waals surface area contributed by atoms with Gasteiger partial charge in [0.15, 0.2) is 17.5 Å². The number of benzene rings is 1. The Morgan fingerprint density at radius 1 is 1.11 bits per heavy atom. The maximum absolute atomic E-state index is 13.7. The van der Waals surface area contributed by atoms with E-state index >= 15 is 0 Å². The summed E-state index contributed by atoms with van der Waals surface area (Å²) in [6.07, 6.45) is 5.27. The van der Waals surface area contributed by atoms with E-state index in [1.807, 2.05) is 0 Å². The van der Waals surface area contributed by atoms with Crippen LogP contribution in [0.1, 0.15) is 38.5 Å². The number of amides is 4. The van der Waals surface area contributed by atoms with Crippen molar-refractivity contribution in [3.8, 4) is 0 Å². The van der Waals surface area contributed by atoms with Gasteiger partial charge >= 0.3 is 6.03 Å². The van der Waals surface area contributed by atoms with E-state index in [1.165, 1.54) is 12.8 Å². The monoisotopic (exact) mass is 496 g/mol. The van der Waals surface area contributed by atoms with Gasteiger partial charge in [-0.1, -0.05) is 6.42 Å². The Labute approximate surface area is 202 Å². The lowest BCUT2D eigenvalue weighted by Crippen LogP contribution is -2.52. The number of piperidine rings is 2. The van der Waals surface area contributed by atoms with Crippen LogP contribution >= 0.6 is 0 Å². The average molecular weight is 497 g/mol. The van der Waals surface area contributed by atoms with Crippen LogP contribution in [0.5, 0.6) is 0 Å². The molecule has 1 aromatic rings. The maximum atomic E-state index is 13.7. The number of urea groups is 1. The molecular weight excluding hydrogens is 465 g/mol. The van der Waals surface area contributed by atoms with Crippen molar-refractivity contribution in [2.24, 2.45) is 5.92 Å². The van der Waals surface area contributed by atoms with E-state index in [0.29, 0.717) is 48.7 Å². The van der Waals surface area contributed by atoms with E-state index in [1.54, 1.807) is 12.0 Å². The molecule has 4 rings (SSSR count). The lowest BCUT2D eigenvalue weighted by atomic mass is 9.83. The Kier molecular flexibility index (Phi) is 7.95. The van der Waals surface area contributed by atoms with Crippen molar-refractivity contribution in [1.29, 1.82) is 0 Å². The molecule has 192 valence electrons. The van der Waals surface area contributed by atoms with Crippen molar-refractivity contribution in [2.75, 3.05) is 44.8 Å². The van der Waals surface area contributed by atoms with Crippen LogP contribution in [0.2, 0.25) is 0 Å². The maximum Gasteiger partial charge on any atom is 0.329 e. The van der Waals surface area contributed by atoms with Gasteiger partial charge in [0.1, 0.15) is 6.04 Å². The molecule has 0 saturated carbocycles. The van der Waals surface area contributed by atoms with Crippen molar-refractivity contribution in [1.82, 2.24) is 15.1 Å². The summed E-state index contributed by atoms with van der Waals surface area (Å²) in [6.45, 7) is 3.38. The van der Waals surface area contributed by atoms with Crippen molar-refractivity contribution in [2.45, 2.75) is 50.6 Å². The van der Waals surface area contributed by atoms with Gasteiger partial charge in [-0.15, -0.1) is 0 Å². The first-order valence-electron chi connectivity index (χ1n) is 12.1. The lowest BCUT2D eigenvalue weighted by Gasteiger charge is -2.45. The predicted molar refractivity (Wildman–Crippen MR) is 121 cm³/mol. The zero-order valence-electron chi connectivity index (χ0n) is 19.8. The quantitative estimate of drug-likeness (QED) is 0.442. The fourth-order valence-corrected chi connectivity index (χ4v) is 5.48. The normalized spacial score (nSPS) is 24.9. The summed E-state index contributed by atoms with van der Waals surface area (Å²) in [7, 11) is 1.55. The van der Waals surface area contributed by atoms with Crippen LogP contribution in [0.4, 0.5) is 23.7 Å². The molecule has 3 aliphatic rings. The van der Waals surface area contributed by atoms with E-state index in [4.69, 9.17) is 4.74 Å². The van der Waals surface area contributed by atoms with E-state index in [0.717, 1.165) is 32.4 Å². The number of nitrogens with one attached hydrogen (secondary N) is 1. The molecule has 3 saturated heterocycles. The van der Waals surface area contributed by atoms with Crippen LogP contribution < -0.4 is 10.2 Å². The third-order valence-corrected chi connectivity index (χ3v) is 7.23. The standard InChI is InChI=1S/C24H31F3N4O4/c1-35-10-9-30(14-15-5-4-8-29-7-3-2-6-20(15)29)21(32)13-19-23(33)31(24(34)28-19)16-11-17(25)22(27)18(26)12-16/h11-12,15,19-20H,2-10,13-14H2,1H3,(H,28,34)/t15-,19+,20+/m0/s1. The molecule has 3 fully saturated rings. The number of methoxy groups -OCH3 is 1. The molecule has 1 N–H and O–H groups in total. The first-order chi connectivity index (χ1) is 16.8. The molecule has 0 spiro atoms. The molecule has 3 atom stereocenters. The Morgan fingerprint density at radius 3 is 2.54 bits per heavy atom. The number of halogens is 3. The third kappa shape index (κ3) is 5.45. The molecule has 4 amide bonds. The van der Waals surface area contributed by atoms with E-state index in [-0.39, 0.29) is 12.3 Å². The van der Waals surface area contributed by atoms with Gasteiger partial charge in [0, 0.05) is 38.4 Å². The number of fused-ring (bicyclic) bond motifs is 1. The lowest BCUT2D eigenvalue weighted by molar-refractivity contribution is -0.135. The van der Waals surface area contributed by atoms with Crippen LogP contribution in [-0.2, 0) is 14.3 Å². The van der Waals surface area contributed by atoms with Crippen LogP contribution in [-0.4, -0.2) is 79.6 Å². The van der Waals surface area contributed by atoms with Crippen molar-refractivity contribution in [3.05, 3.63) is 29.6 Å². The zero-order chi connectivity index (χ0) is 25.1. The Bertz CT molecular complexity index is 953. The zero-order valence-corrected chi connectivity index (χ0v) is 19.8.